The van der Waals surface area contributed by atoms with Crippen LogP contribution in [-0.2, 0) is 16.0 Å². The summed E-state index contributed by atoms with van der Waals surface area (Å²) in [4.78, 5) is 15.9. The number of halogens is 1. The van der Waals surface area contributed by atoms with Gasteiger partial charge in [0.15, 0.2) is 5.96 Å². The topological polar surface area (TPSA) is 72.0 Å². The molecule has 0 aliphatic rings. The molecule has 0 fully saturated rings. The van der Waals surface area contributed by atoms with Crippen LogP contribution in [-0.4, -0.2) is 44.8 Å². The number of carbonyl (C=O) groups excluding carboxylic acids is 1. The van der Waals surface area contributed by atoms with Gasteiger partial charge in [-0.15, -0.1) is 24.0 Å². The van der Waals surface area contributed by atoms with Crippen molar-refractivity contribution in [2.24, 2.45) is 4.99 Å². The van der Waals surface area contributed by atoms with Gasteiger partial charge in [-0.3, -0.25) is 9.79 Å². The molecule has 25 heavy (non-hydrogen) atoms. The van der Waals surface area contributed by atoms with E-state index in [0.29, 0.717) is 12.5 Å². The summed E-state index contributed by atoms with van der Waals surface area (Å²) in [5, 5.41) is 6.43. The molecule has 1 rings (SSSR count). The van der Waals surface area contributed by atoms with Crippen LogP contribution < -0.4 is 15.4 Å². The molecule has 1 aromatic carbocycles. The normalized spacial score (nSPS) is 10.8. The number of esters is 1. The number of hydrogen-bond donors (Lipinski definition) is 2. The Hall–Kier alpha value is -1.51. The Morgan fingerprint density at radius 2 is 1.96 bits per heavy atom. The molecule has 0 amide bonds. The average Bonchev–Trinajstić information content (AvgIpc) is 2.54. The molecule has 0 saturated carbocycles. The molecule has 6 nitrogen and oxygen atoms in total. The summed E-state index contributed by atoms with van der Waals surface area (Å²) in [5.41, 5.74) is 1.14. The highest BCUT2D eigenvalue weighted by molar-refractivity contribution is 14.0. The van der Waals surface area contributed by atoms with E-state index in [4.69, 9.17) is 9.47 Å². The minimum absolute atomic E-state index is 0. The summed E-state index contributed by atoms with van der Waals surface area (Å²) in [6.45, 7) is 7.56. The van der Waals surface area contributed by atoms with E-state index in [1.165, 1.54) is 0 Å². The van der Waals surface area contributed by atoms with Gasteiger partial charge in [0.25, 0.3) is 0 Å². The van der Waals surface area contributed by atoms with Crippen LogP contribution in [0, 0.1) is 0 Å². The molecule has 0 aliphatic carbocycles. The predicted molar refractivity (Wildman–Crippen MR) is 112 cm³/mol. The van der Waals surface area contributed by atoms with E-state index in [2.05, 4.69) is 15.6 Å². The molecule has 0 unspecified atom stereocenters. The maximum atomic E-state index is 11.5. The van der Waals surface area contributed by atoms with E-state index < -0.39 is 0 Å². The van der Waals surface area contributed by atoms with Gasteiger partial charge in [0.2, 0.25) is 0 Å². The van der Waals surface area contributed by atoms with E-state index in [-0.39, 0.29) is 42.5 Å². The molecule has 0 atom stereocenters. The Labute approximate surface area is 167 Å². The monoisotopic (exact) mass is 463 g/mol. The number of nitrogens with zero attached hydrogens (tertiary/aromatic N) is 1. The summed E-state index contributed by atoms with van der Waals surface area (Å²) in [6.07, 6.45) is 1.01. The van der Waals surface area contributed by atoms with Crippen molar-refractivity contribution in [1.29, 1.82) is 0 Å². The Morgan fingerprint density at radius 3 is 2.60 bits per heavy atom. The highest BCUT2D eigenvalue weighted by Crippen LogP contribution is 2.17. The quantitative estimate of drug-likeness (QED) is 0.255. The molecule has 7 heteroatoms. The van der Waals surface area contributed by atoms with Gasteiger partial charge in [0.1, 0.15) is 5.75 Å². The molecule has 0 aromatic heterocycles. The van der Waals surface area contributed by atoms with Crippen molar-refractivity contribution in [3.63, 3.8) is 0 Å². The molecule has 0 radical (unpaired) electrons. The molecule has 2 N–H and O–H groups in total. The van der Waals surface area contributed by atoms with Gasteiger partial charge >= 0.3 is 5.97 Å². The minimum Gasteiger partial charge on any atom is -0.496 e. The average molecular weight is 463 g/mol. The number of guanidine groups is 1. The summed E-state index contributed by atoms with van der Waals surface area (Å²) in [5.74, 6) is 1.36. The number of carbonyl (C=O) groups is 1. The number of aliphatic imine (C=N–C) groups is 1. The summed E-state index contributed by atoms with van der Waals surface area (Å²) in [6, 6.07) is 7.95. The molecular formula is C18H30IN3O3. The number of methoxy groups -OCH3 is 1. The number of benzene rings is 1. The predicted octanol–water partition coefficient (Wildman–Crippen LogP) is 2.75. The van der Waals surface area contributed by atoms with Gasteiger partial charge in [0, 0.05) is 13.1 Å². The fourth-order valence-electron chi connectivity index (χ4n) is 2.15. The van der Waals surface area contributed by atoms with Gasteiger partial charge in [-0.25, -0.2) is 0 Å². The maximum absolute atomic E-state index is 11.5. The van der Waals surface area contributed by atoms with Crippen LogP contribution in [0.1, 0.15) is 32.8 Å². The van der Waals surface area contributed by atoms with Crippen molar-refractivity contribution < 1.29 is 14.3 Å². The van der Waals surface area contributed by atoms with E-state index in [1.807, 2.05) is 45.0 Å². The lowest BCUT2D eigenvalue weighted by Gasteiger charge is -2.13. The standard InChI is InChI=1S/C18H29N3O3.HI/c1-5-19-18(21-13-11-17(22)24-14(2)3)20-12-10-15-8-6-7-9-16(15)23-4;/h6-9,14H,5,10-13H2,1-4H3,(H2,19,20,21);1H. The van der Waals surface area contributed by atoms with Crippen molar-refractivity contribution >= 4 is 35.9 Å². The van der Waals surface area contributed by atoms with Crippen LogP contribution in [0.4, 0.5) is 0 Å². The first-order chi connectivity index (χ1) is 11.6. The minimum atomic E-state index is -0.223. The largest absolute Gasteiger partial charge is 0.496 e. The van der Waals surface area contributed by atoms with Crippen LogP contribution in [0.25, 0.3) is 0 Å². The lowest BCUT2D eigenvalue weighted by molar-refractivity contribution is -0.147. The number of ether oxygens (including phenoxy) is 2. The maximum Gasteiger partial charge on any atom is 0.307 e. The van der Waals surface area contributed by atoms with Crippen LogP contribution in [0.3, 0.4) is 0 Å². The van der Waals surface area contributed by atoms with Crippen LogP contribution in [0.15, 0.2) is 29.3 Å². The first-order valence-electron chi connectivity index (χ1n) is 8.40. The van der Waals surface area contributed by atoms with Gasteiger partial charge in [-0.2, -0.15) is 0 Å². The number of para-hydroxylation sites is 1. The van der Waals surface area contributed by atoms with E-state index >= 15 is 0 Å². The Morgan fingerprint density at radius 1 is 1.24 bits per heavy atom. The van der Waals surface area contributed by atoms with Gasteiger partial charge in [-0.05, 0) is 38.8 Å². The molecule has 0 heterocycles. The zero-order valence-corrected chi connectivity index (χ0v) is 17.8. The highest BCUT2D eigenvalue weighted by Gasteiger charge is 2.06. The third kappa shape index (κ3) is 10.2. The third-order valence-electron chi connectivity index (χ3n) is 3.18. The summed E-state index contributed by atoms with van der Waals surface area (Å²) < 4.78 is 10.4. The Balaban J connectivity index is 0.00000576. The number of hydrogen-bond acceptors (Lipinski definition) is 4. The zero-order chi connectivity index (χ0) is 17.8. The van der Waals surface area contributed by atoms with Crippen molar-refractivity contribution in [3.05, 3.63) is 29.8 Å². The molecule has 0 spiro atoms. The van der Waals surface area contributed by atoms with Gasteiger partial charge < -0.3 is 20.1 Å². The summed E-state index contributed by atoms with van der Waals surface area (Å²) in [7, 11) is 1.67. The smallest absolute Gasteiger partial charge is 0.307 e. The molecule has 1 aromatic rings. The van der Waals surface area contributed by atoms with Crippen molar-refractivity contribution in [2.75, 3.05) is 26.7 Å². The second-order valence-electron chi connectivity index (χ2n) is 5.54. The SMILES string of the molecule is CCNC(=NCCC(=O)OC(C)C)NCCc1ccccc1OC.I. The fraction of sp³-hybridized carbons (Fsp3) is 0.556. The fourth-order valence-corrected chi connectivity index (χ4v) is 2.15. The van der Waals surface area contributed by atoms with Gasteiger partial charge in [-0.1, -0.05) is 18.2 Å². The van der Waals surface area contributed by atoms with E-state index in [1.54, 1.807) is 7.11 Å². The van der Waals surface area contributed by atoms with Gasteiger partial charge in [0.05, 0.1) is 26.2 Å². The molecule has 0 bridgehead atoms. The molecule has 142 valence electrons. The highest BCUT2D eigenvalue weighted by atomic mass is 127. The van der Waals surface area contributed by atoms with Crippen LogP contribution >= 0.6 is 24.0 Å². The first-order valence-corrected chi connectivity index (χ1v) is 8.40. The van der Waals surface area contributed by atoms with Crippen molar-refractivity contribution in [2.45, 2.75) is 39.7 Å². The lowest BCUT2D eigenvalue weighted by Crippen LogP contribution is -2.38. The second kappa shape index (κ2) is 13.7. The van der Waals surface area contributed by atoms with Crippen LogP contribution in [0.2, 0.25) is 0 Å². The lowest BCUT2D eigenvalue weighted by atomic mass is 10.1. The summed E-state index contributed by atoms with van der Waals surface area (Å²) >= 11 is 0. The molecule has 0 aliphatic heterocycles. The van der Waals surface area contributed by atoms with E-state index in [9.17, 15) is 4.79 Å². The molecule has 0 saturated heterocycles. The Bertz CT molecular complexity index is 536. The first kappa shape index (κ1) is 23.5. The Kier molecular flexibility index (Phi) is 12.9. The molecular weight excluding hydrogens is 433 g/mol. The van der Waals surface area contributed by atoms with Crippen molar-refractivity contribution in [3.8, 4) is 5.75 Å². The number of rotatable bonds is 9. The number of nitrogens with one attached hydrogen (secondary N) is 2. The van der Waals surface area contributed by atoms with Crippen molar-refractivity contribution in [1.82, 2.24) is 10.6 Å². The van der Waals surface area contributed by atoms with E-state index in [0.717, 1.165) is 30.8 Å². The second-order valence-corrected chi connectivity index (χ2v) is 5.54. The van der Waals surface area contributed by atoms with Crippen LogP contribution in [0.5, 0.6) is 5.75 Å². The third-order valence-corrected chi connectivity index (χ3v) is 3.18. The zero-order valence-electron chi connectivity index (χ0n) is 15.5.